The van der Waals surface area contributed by atoms with Gasteiger partial charge in [0.1, 0.15) is 29.8 Å². The molecule has 3 aromatic carbocycles. The van der Waals surface area contributed by atoms with Crippen molar-refractivity contribution in [3.63, 3.8) is 0 Å². The molecule has 0 aliphatic heterocycles. The summed E-state index contributed by atoms with van der Waals surface area (Å²) < 4.78 is 6.07. The van der Waals surface area contributed by atoms with Crippen molar-refractivity contribution in [1.82, 2.24) is 0 Å². The first-order chi connectivity index (χ1) is 15.4. The van der Waals surface area contributed by atoms with E-state index in [1.165, 1.54) is 41.6 Å². The molecule has 0 saturated heterocycles. The molecule has 0 amide bonds. The Labute approximate surface area is 188 Å². The average molecular weight is 428 g/mol. The summed E-state index contributed by atoms with van der Waals surface area (Å²) >= 11 is 0. The first kappa shape index (κ1) is 21.8. The molecule has 0 spiro atoms. The van der Waals surface area contributed by atoms with Crippen molar-refractivity contribution < 1.29 is 4.74 Å². The van der Waals surface area contributed by atoms with E-state index in [4.69, 9.17) is 4.74 Å². The van der Waals surface area contributed by atoms with Gasteiger partial charge in [-0.2, -0.15) is 0 Å². The summed E-state index contributed by atoms with van der Waals surface area (Å²) in [4.78, 5) is 0. The van der Waals surface area contributed by atoms with Crippen molar-refractivity contribution in [2.45, 2.75) is 32.1 Å². The van der Waals surface area contributed by atoms with E-state index < -0.39 is 7.26 Å². The third-order valence-electron chi connectivity index (χ3n) is 6.33. The van der Waals surface area contributed by atoms with Crippen molar-refractivity contribution in [2.24, 2.45) is 5.92 Å². The Morgan fingerprint density at radius 1 is 0.677 bits per heavy atom. The minimum atomic E-state index is -1.80. The van der Waals surface area contributed by atoms with Crippen LogP contribution in [-0.2, 0) is 4.74 Å². The Morgan fingerprint density at radius 3 is 1.65 bits per heavy atom. The third kappa shape index (κ3) is 5.46. The molecule has 0 radical (unpaired) electrons. The highest BCUT2D eigenvalue weighted by Gasteiger charge is 2.44. The van der Waals surface area contributed by atoms with Gasteiger partial charge in [-0.3, -0.25) is 0 Å². The van der Waals surface area contributed by atoms with E-state index in [2.05, 4.69) is 103 Å². The van der Waals surface area contributed by atoms with Crippen LogP contribution in [0.15, 0.2) is 91.0 Å². The van der Waals surface area contributed by atoms with Crippen molar-refractivity contribution in [3.8, 4) is 11.8 Å². The van der Waals surface area contributed by atoms with Crippen LogP contribution in [-0.4, -0.2) is 19.4 Å². The van der Waals surface area contributed by atoms with Crippen LogP contribution in [0, 0.1) is 17.8 Å². The van der Waals surface area contributed by atoms with Gasteiger partial charge in [-0.1, -0.05) is 73.4 Å². The first-order valence-electron chi connectivity index (χ1n) is 11.5. The van der Waals surface area contributed by atoms with E-state index in [0.29, 0.717) is 13.2 Å². The average Bonchev–Trinajstić information content (AvgIpc) is 3.36. The lowest BCUT2D eigenvalue weighted by atomic mass is 10.1. The maximum Gasteiger partial charge on any atom is 0.114 e. The Hall–Kier alpha value is -2.39. The number of hydrogen-bond acceptors (Lipinski definition) is 1. The van der Waals surface area contributed by atoms with Crippen LogP contribution in [0.1, 0.15) is 32.1 Å². The van der Waals surface area contributed by atoms with E-state index >= 15 is 0 Å². The van der Waals surface area contributed by atoms with E-state index in [0.717, 1.165) is 18.5 Å². The molecule has 0 bridgehead atoms. The van der Waals surface area contributed by atoms with Gasteiger partial charge in [0, 0.05) is 6.42 Å². The molecule has 1 fully saturated rings. The number of rotatable bonds is 8. The lowest BCUT2D eigenvalue weighted by molar-refractivity contribution is 0.184. The lowest BCUT2D eigenvalue weighted by Gasteiger charge is -2.27. The highest BCUT2D eigenvalue weighted by atomic mass is 31.2. The van der Waals surface area contributed by atoms with Crippen molar-refractivity contribution in [1.29, 1.82) is 0 Å². The fraction of sp³-hybridized carbons (Fsp3) is 0.310. The molecule has 0 aromatic heterocycles. The van der Waals surface area contributed by atoms with E-state index in [-0.39, 0.29) is 0 Å². The van der Waals surface area contributed by atoms with Gasteiger partial charge in [0.05, 0.1) is 12.8 Å². The second-order valence-electron chi connectivity index (χ2n) is 8.30. The number of hydrogen-bond donors (Lipinski definition) is 0. The Morgan fingerprint density at radius 2 is 1.16 bits per heavy atom. The van der Waals surface area contributed by atoms with Crippen LogP contribution >= 0.6 is 7.26 Å². The Kier molecular flexibility index (Phi) is 7.95. The topological polar surface area (TPSA) is 9.23 Å². The van der Waals surface area contributed by atoms with Crippen molar-refractivity contribution in [3.05, 3.63) is 91.0 Å². The summed E-state index contributed by atoms with van der Waals surface area (Å²) in [5.74, 6) is 7.43. The predicted octanol–water partition coefficient (Wildman–Crippen LogP) is 5.58. The summed E-state index contributed by atoms with van der Waals surface area (Å²) in [7, 11) is -1.80. The van der Waals surface area contributed by atoms with E-state index in [1.54, 1.807) is 0 Å². The van der Waals surface area contributed by atoms with Crippen LogP contribution < -0.4 is 15.9 Å². The van der Waals surface area contributed by atoms with E-state index in [1.807, 2.05) is 0 Å². The normalized spacial score (nSPS) is 14.2. The minimum Gasteiger partial charge on any atom is -0.365 e. The van der Waals surface area contributed by atoms with E-state index in [9.17, 15) is 0 Å². The largest absolute Gasteiger partial charge is 0.365 e. The summed E-state index contributed by atoms with van der Waals surface area (Å²) in [5.41, 5.74) is 0. The molecule has 31 heavy (non-hydrogen) atoms. The van der Waals surface area contributed by atoms with Gasteiger partial charge >= 0.3 is 0 Å². The Balaban J connectivity index is 1.53. The van der Waals surface area contributed by atoms with Gasteiger partial charge < -0.3 is 4.74 Å². The SMILES string of the molecule is C(#CCC1CCCC1)COCC[P+](c1ccccc1)(c1ccccc1)c1ccccc1. The van der Waals surface area contributed by atoms with Gasteiger partial charge in [-0.15, -0.1) is 5.92 Å². The molecule has 0 N–H and O–H groups in total. The zero-order valence-corrected chi connectivity index (χ0v) is 19.1. The molecule has 0 unspecified atom stereocenters. The minimum absolute atomic E-state index is 0.533. The Bertz CT molecular complexity index is 870. The van der Waals surface area contributed by atoms with Crippen molar-refractivity contribution in [2.75, 3.05) is 19.4 Å². The summed E-state index contributed by atoms with van der Waals surface area (Å²) in [6, 6.07) is 33.0. The molecule has 0 atom stereocenters. The van der Waals surface area contributed by atoms with Gasteiger partial charge in [0.25, 0.3) is 0 Å². The molecular weight excluding hydrogens is 395 g/mol. The predicted molar refractivity (Wildman–Crippen MR) is 135 cm³/mol. The summed E-state index contributed by atoms with van der Waals surface area (Å²) in [6.07, 6.45) is 7.50. The second-order valence-corrected chi connectivity index (χ2v) is 11.9. The molecule has 3 aromatic rings. The molecule has 158 valence electrons. The van der Waals surface area contributed by atoms with Gasteiger partial charge in [0.2, 0.25) is 0 Å². The number of benzene rings is 3. The van der Waals surface area contributed by atoms with Gasteiger partial charge in [-0.05, 0) is 55.2 Å². The van der Waals surface area contributed by atoms with Crippen LogP contribution in [0.5, 0.6) is 0 Å². The standard InChI is InChI=1S/C29H32OP/c1-4-17-27(18-5-1)31(28-19-6-2-7-20-28,29-21-8-3-9-22-29)25-24-30-23-13-12-16-26-14-10-11-15-26/h1-9,17-22,26H,10-11,14-16,23-25H2/q+1. The molecule has 1 aliphatic carbocycles. The molecule has 2 heteroatoms. The second kappa shape index (κ2) is 11.3. The highest BCUT2D eigenvalue weighted by Crippen LogP contribution is 2.54. The zero-order valence-electron chi connectivity index (χ0n) is 18.2. The van der Waals surface area contributed by atoms with Crippen LogP contribution in [0.25, 0.3) is 0 Å². The maximum absolute atomic E-state index is 6.07. The molecular formula is C29H32OP+. The summed E-state index contributed by atoms with van der Waals surface area (Å²) in [5, 5.41) is 4.22. The quantitative estimate of drug-likeness (QED) is 0.259. The molecule has 0 heterocycles. The molecule has 1 aliphatic rings. The van der Waals surface area contributed by atoms with Gasteiger partial charge in [0.15, 0.2) is 0 Å². The zero-order chi connectivity index (χ0) is 21.2. The molecule has 1 nitrogen and oxygen atoms in total. The van der Waals surface area contributed by atoms with Gasteiger partial charge in [-0.25, -0.2) is 0 Å². The van der Waals surface area contributed by atoms with Crippen molar-refractivity contribution >= 4 is 23.2 Å². The third-order valence-corrected chi connectivity index (χ3v) is 10.7. The number of ether oxygens (including phenoxy) is 1. The fourth-order valence-corrected chi connectivity index (χ4v) is 8.80. The van der Waals surface area contributed by atoms with Crippen LogP contribution in [0.2, 0.25) is 0 Å². The maximum atomic E-state index is 6.07. The highest BCUT2D eigenvalue weighted by molar-refractivity contribution is 7.95. The summed E-state index contributed by atoms with van der Waals surface area (Å²) in [6.45, 7) is 1.25. The molecule has 1 saturated carbocycles. The molecule has 4 rings (SSSR count). The monoisotopic (exact) mass is 427 g/mol. The first-order valence-corrected chi connectivity index (χ1v) is 13.5. The smallest absolute Gasteiger partial charge is 0.114 e. The van der Waals surface area contributed by atoms with Crippen LogP contribution in [0.4, 0.5) is 0 Å². The lowest BCUT2D eigenvalue weighted by Crippen LogP contribution is -2.34. The fourth-order valence-electron chi connectivity index (χ4n) is 4.69. The van der Waals surface area contributed by atoms with Crippen LogP contribution in [0.3, 0.4) is 0 Å².